The Balaban J connectivity index is 1.82. The number of halogens is 1. The van der Waals surface area contributed by atoms with Gasteiger partial charge in [0.2, 0.25) is 0 Å². The SMILES string of the molecule is Clc1ccc(C[NH2+]C2CCCC2)cc1. The Labute approximate surface area is 90.5 Å². The third-order valence-electron chi connectivity index (χ3n) is 3.00. The van der Waals surface area contributed by atoms with Crippen LogP contribution in [0.2, 0.25) is 5.02 Å². The maximum atomic E-state index is 5.83. The molecule has 1 saturated carbocycles. The summed E-state index contributed by atoms with van der Waals surface area (Å²) in [6.07, 6.45) is 5.63. The van der Waals surface area contributed by atoms with Gasteiger partial charge in [-0.1, -0.05) is 23.7 Å². The first-order chi connectivity index (χ1) is 6.84. The van der Waals surface area contributed by atoms with Crippen LogP contribution in [0, 0.1) is 0 Å². The smallest absolute Gasteiger partial charge is 0.101 e. The molecule has 0 unspecified atom stereocenters. The number of benzene rings is 1. The van der Waals surface area contributed by atoms with Gasteiger partial charge in [-0.3, -0.25) is 0 Å². The maximum Gasteiger partial charge on any atom is 0.101 e. The number of nitrogens with two attached hydrogens (primary N) is 1. The number of quaternary nitrogens is 1. The van der Waals surface area contributed by atoms with Crippen LogP contribution in [-0.2, 0) is 6.54 Å². The topological polar surface area (TPSA) is 16.6 Å². The van der Waals surface area contributed by atoms with Crippen LogP contribution in [0.4, 0.5) is 0 Å². The molecule has 2 N–H and O–H groups in total. The maximum absolute atomic E-state index is 5.83. The van der Waals surface area contributed by atoms with E-state index in [0.717, 1.165) is 17.6 Å². The summed E-state index contributed by atoms with van der Waals surface area (Å²) < 4.78 is 0. The molecule has 0 radical (unpaired) electrons. The third kappa shape index (κ3) is 2.73. The molecule has 0 spiro atoms. The van der Waals surface area contributed by atoms with Crippen molar-refractivity contribution in [3.63, 3.8) is 0 Å². The van der Waals surface area contributed by atoms with Gasteiger partial charge >= 0.3 is 0 Å². The van der Waals surface area contributed by atoms with Crippen molar-refractivity contribution in [2.24, 2.45) is 0 Å². The van der Waals surface area contributed by atoms with Gasteiger partial charge < -0.3 is 5.32 Å². The molecule has 14 heavy (non-hydrogen) atoms. The van der Waals surface area contributed by atoms with Crippen LogP contribution in [0.15, 0.2) is 24.3 Å². The van der Waals surface area contributed by atoms with Crippen molar-refractivity contribution >= 4 is 11.6 Å². The van der Waals surface area contributed by atoms with Gasteiger partial charge in [-0.05, 0) is 37.8 Å². The van der Waals surface area contributed by atoms with Crippen LogP contribution < -0.4 is 5.32 Å². The number of hydrogen-bond acceptors (Lipinski definition) is 0. The zero-order valence-electron chi connectivity index (χ0n) is 8.38. The molecule has 2 rings (SSSR count). The monoisotopic (exact) mass is 210 g/mol. The van der Waals surface area contributed by atoms with Gasteiger partial charge in [-0.2, -0.15) is 0 Å². The zero-order valence-corrected chi connectivity index (χ0v) is 9.13. The molecule has 1 aliphatic rings. The molecule has 1 aromatic rings. The van der Waals surface area contributed by atoms with Crippen LogP contribution in [0.1, 0.15) is 31.2 Å². The summed E-state index contributed by atoms with van der Waals surface area (Å²) in [5, 5.41) is 3.30. The predicted molar refractivity (Wildman–Crippen MR) is 59.3 cm³/mol. The van der Waals surface area contributed by atoms with Gasteiger partial charge in [0.15, 0.2) is 0 Å². The molecule has 0 heterocycles. The fraction of sp³-hybridized carbons (Fsp3) is 0.500. The first-order valence-corrected chi connectivity index (χ1v) is 5.80. The summed E-state index contributed by atoms with van der Waals surface area (Å²) in [7, 11) is 0. The third-order valence-corrected chi connectivity index (χ3v) is 3.25. The summed E-state index contributed by atoms with van der Waals surface area (Å²) in [5.74, 6) is 0. The lowest BCUT2D eigenvalue weighted by atomic mass is 10.2. The van der Waals surface area contributed by atoms with Crippen LogP contribution in [0.25, 0.3) is 0 Å². The highest BCUT2D eigenvalue weighted by molar-refractivity contribution is 6.30. The Kier molecular flexibility index (Phi) is 3.44. The second-order valence-electron chi connectivity index (χ2n) is 4.11. The lowest BCUT2D eigenvalue weighted by molar-refractivity contribution is -0.703. The minimum atomic E-state index is 0.828. The van der Waals surface area contributed by atoms with E-state index in [1.54, 1.807) is 0 Å². The van der Waals surface area contributed by atoms with Crippen molar-refractivity contribution in [1.29, 1.82) is 0 Å². The summed E-state index contributed by atoms with van der Waals surface area (Å²) in [6.45, 7) is 1.10. The van der Waals surface area contributed by atoms with Crippen LogP contribution >= 0.6 is 11.6 Å². The van der Waals surface area contributed by atoms with Gasteiger partial charge in [-0.25, -0.2) is 0 Å². The molecule has 2 heteroatoms. The molecule has 0 bridgehead atoms. The highest BCUT2D eigenvalue weighted by Gasteiger charge is 2.17. The van der Waals surface area contributed by atoms with E-state index in [4.69, 9.17) is 11.6 Å². The molecule has 0 aromatic heterocycles. The van der Waals surface area contributed by atoms with Crippen molar-refractivity contribution in [2.45, 2.75) is 38.3 Å². The van der Waals surface area contributed by atoms with E-state index in [-0.39, 0.29) is 0 Å². The van der Waals surface area contributed by atoms with Gasteiger partial charge in [0.1, 0.15) is 6.54 Å². The second-order valence-corrected chi connectivity index (χ2v) is 4.55. The lowest BCUT2D eigenvalue weighted by Gasteiger charge is -2.08. The Morgan fingerprint density at radius 2 is 1.79 bits per heavy atom. The minimum Gasteiger partial charge on any atom is -0.340 e. The summed E-state index contributed by atoms with van der Waals surface area (Å²) in [4.78, 5) is 0. The second kappa shape index (κ2) is 4.81. The normalized spacial score (nSPS) is 17.5. The first kappa shape index (κ1) is 10.0. The average molecular weight is 211 g/mol. The first-order valence-electron chi connectivity index (χ1n) is 5.42. The minimum absolute atomic E-state index is 0.828. The van der Waals surface area contributed by atoms with E-state index in [9.17, 15) is 0 Å². The fourth-order valence-electron chi connectivity index (χ4n) is 2.12. The molecule has 0 amide bonds. The Morgan fingerprint density at radius 1 is 1.14 bits per heavy atom. The van der Waals surface area contributed by atoms with Gasteiger partial charge in [0, 0.05) is 10.6 Å². The van der Waals surface area contributed by atoms with E-state index in [0.29, 0.717) is 0 Å². The largest absolute Gasteiger partial charge is 0.340 e. The lowest BCUT2D eigenvalue weighted by Crippen LogP contribution is -2.87. The van der Waals surface area contributed by atoms with E-state index >= 15 is 0 Å². The Morgan fingerprint density at radius 3 is 2.43 bits per heavy atom. The summed E-state index contributed by atoms with van der Waals surface area (Å²) in [6, 6.07) is 9.05. The zero-order chi connectivity index (χ0) is 9.80. The van der Waals surface area contributed by atoms with Crippen molar-refractivity contribution in [2.75, 3.05) is 0 Å². The van der Waals surface area contributed by atoms with Crippen molar-refractivity contribution in [1.82, 2.24) is 0 Å². The predicted octanol–water partition coefficient (Wildman–Crippen LogP) is 2.35. The quantitative estimate of drug-likeness (QED) is 0.789. The van der Waals surface area contributed by atoms with E-state index in [1.165, 1.54) is 31.2 Å². The van der Waals surface area contributed by atoms with Gasteiger partial charge in [0.25, 0.3) is 0 Å². The fourth-order valence-corrected chi connectivity index (χ4v) is 2.24. The van der Waals surface area contributed by atoms with Crippen molar-refractivity contribution in [3.05, 3.63) is 34.9 Å². The van der Waals surface area contributed by atoms with Crippen LogP contribution in [0.5, 0.6) is 0 Å². The van der Waals surface area contributed by atoms with Crippen molar-refractivity contribution in [3.8, 4) is 0 Å². The van der Waals surface area contributed by atoms with Crippen LogP contribution in [0.3, 0.4) is 0 Å². The van der Waals surface area contributed by atoms with E-state index in [2.05, 4.69) is 17.4 Å². The molecule has 76 valence electrons. The molecule has 1 aromatic carbocycles. The summed E-state index contributed by atoms with van der Waals surface area (Å²) >= 11 is 5.83. The highest BCUT2D eigenvalue weighted by Crippen LogP contribution is 2.14. The average Bonchev–Trinajstić information content (AvgIpc) is 2.70. The number of hydrogen-bond donors (Lipinski definition) is 1. The Hall–Kier alpha value is -0.530. The molecule has 0 saturated heterocycles. The van der Waals surface area contributed by atoms with E-state index in [1.807, 2.05) is 12.1 Å². The van der Waals surface area contributed by atoms with Crippen LogP contribution in [-0.4, -0.2) is 6.04 Å². The standard InChI is InChI=1S/C12H16ClN/c13-11-7-5-10(6-8-11)9-14-12-3-1-2-4-12/h5-8,12,14H,1-4,9H2/p+1. The molecular weight excluding hydrogens is 194 g/mol. The molecule has 1 aliphatic carbocycles. The van der Waals surface area contributed by atoms with Gasteiger partial charge in [-0.15, -0.1) is 0 Å². The van der Waals surface area contributed by atoms with E-state index < -0.39 is 0 Å². The van der Waals surface area contributed by atoms with Crippen molar-refractivity contribution < 1.29 is 5.32 Å². The van der Waals surface area contributed by atoms with Gasteiger partial charge in [0.05, 0.1) is 6.04 Å². The molecule has 0 atom stereocenters. The molecule has 0 aliphatic heterocycles. The molecule has 1 nitrogen and oxygen atoms in total. The molecule has 1 fully saturated rings. The Bertz CT molecular complexity index is 275. The number of rotatable bonds is 3. The molecular formula is C12H17ClN+. The highest BCUT2D eigenvalue weighted by atomic mass is 35.5. The summed E-state index contributed by atoms with van der Waals surface area (Å²) in [5.41, 5.74) is 1.38.